The molecule has 1 N–H and O–H groups in total. The first-order chi connectivity index (χ1) is 4.80. The maximum Gasteiger partial charge on any atom is 0.187 e. The average molecular weight is 154 g/mol. The van der Waals surface area contributed by atoms with Crippen LogP contribution in [-0.2, 0) is 11.1 Å². The molecule has 10 heavy (non-hydrogen) atoms. The van der Waals surface area contributed by atoms with Gasteiger partial charge in [0.05, 0.1) is 4.91 Å². The normalized spacial score (nSPS) is 18.3. The van der Waals surface area contributed by atoms with Crippen LogP contribution in [0.5, 0.6) is 0 Å². The van der Waals surface area contributed by atoms with Crippen LogP contribution in [0.4, 0.5) is 0 Å². The zero-order chi connectivity index (χ0) is 7.40. The number of hydrogen-bond donors (Lipinski definition) is 1. The van der Waals surface area contributed by atoms with Crippen LogP contribution in [0.2, 0.25) is 0 Å². The summed E-state index contributed by atoms with van der Waals surface area (Å²) >= 11 is -1.89. The van der Waals surface area contributed by atoms with Crippen molar-refractivity contribution in [1.82, 2.24) is 0 Å². The van der Waals surface area contributed by atoms with Gasteiger partial charge in [-0.05, 0) is 18.2 Å². The molecule has 2 nitrogen and oxygen atoms in total. The van der Waals surface area contributed by atoms with E-state index in [-0.39, 0.29) is 0 Å². The Balaban J connectivity index is 2.97. The summed E-state index contributed by atoms with van der Waals surface area (Å²) in [4.78, 5) is 0.366. The quantitative estimate of drug-likeness (QED) is 0.457. The fourth-order valence-electron chi connectivity index (χ4n) is 0.548. The lowest BCUT2D eigenvalue weighted by Crippen LogP contribution is -1.86. The molecule has 0 bridgehead atoms. The smallest absolute Gasteiger partial charge is 0.187 e. The molecule has 0 saturated heterocycles. The van der Waals surface area contributed by atoms with Crippen molar-refractivity contribution < 1.29 is 8.76 Å². The molecule has 0 amide bonds. The minimum absolute atomic E-state index is 0.366. The van der Waals surface area contributed by atoms with E-state index in [9.17, 15) is 4.21 Å². The predicted octanol–water partition coefficient (Wildman–Crippen LogP) is 1.37. The summed E-state index contributed by atoms with van der Waals surface area (Å²) in [5.74, 6) is 0. The van der Waals surface area contributed by atoms with E-state index in [4.69, 9.17) is 4.55 Å². The van der Waals surface area contributed by atoms with E-state index in [0.717, 1.165) is 0 Å². The molecule has 0 aromatic carbocycles. The Kier molecular flexibility index (Phi) is 2.40. The van der Waals surface area contributed by atoms with Gasteiger partial charge in [-0.15, -0.1) is 5.73 Å². The Morgan fingerprint density at radius 2 is 2.30 bits per heavy atom. The van der Waals surface area contributed by atoms with Crippen molar-refractivity contribution in [3.05, 3.63) is 41.0 Å². The highest BCUT2D eigenvalue weighted by molar-refractivity contribution is 7.83. The molecule has 0 fully saturated rings. The van der Waals surface area contributed by atoms with Gasteiger partial charge in [-0.2, -0.15) is 0 Å². The third-order valence-corrected chi connectivity index (χ3v) is 1.65. The van der Waals surface area contributed by atoms with Gasteiger partial charge >= 0.3 is 0 Å². The van der Waals surface area contributed by atoms with Crippen LogP contribution in [-0.4, -0.2) is 8.76 Å². The lowest BCUT2D eigenvalue weighted by atomic mass is 10.5. The van der Waals surface area contributed by atoms with Gasteiger partial charge in [0.1, 0.15) is 0 Å². The zero-order valence-electron chi connectivity index (χ0n) is 5.15. The molecule has 0 aromatic rings. The van der Waals surface area contributed by atoms with Gasteiger partial charge in [-0.1, -0.05) is 12.2 Å². The second-order valence-corrected chi connectivity index (χ2v) is 2.65. The first-order valence-corrected chi connectivity index (χ1v) is 3.81. The van der Waals surface area contributed by atoms with Crippen molar-refractivity contribution in [2.75, 3.05) is 0 Å². The van der Waals surface area contributed by atoms with Gasteiger partial charge in [-0.25, -0.2) is 4.21 Å². The summed E-state index contributed by atoms with van der Waals surface area (Å²) < 4.78 is 19.0. The van der Waals surface area contributed by atoms with Crippen LogP contribution in [0, 0.1) is 0 Å². The third kappa shape index (κ3) is 1.81. The molecular formula is C7H6O2S. The van der Waals surface area contributed by atoms with Crippen LogP contribution in [0.15, 0.2) is 41.0 Å². The van der Waals surface area contributed by atoms with Gasteiger partial charge in [0.2, 0.25) is 0 Å². The molecular weight excluding hydrogens is 148 g/mol. The van der Waals surface area contributed by atoms with Crippen LogP contribution in [0.1, 0.15) is 0 Å². The Morgan fingerprint density at radius 1 is 1.50 bits per heavy atom. The van der Waals surface area contributed by atoms with Crippen molar-refractivity contribution >= 4 is 11.1 Å². The molecule has 0 aromatic heterocycles. The van der Waals surface area contributed by atoms with Crippen LogP contribution in [0.3, 0.4) is 0 Å². The Labute approximate surface area is 61.5 Å². The molecule has 1 aliphatic rings. The summed E-state index contributed by atoms with van der Waals surface area (Å²) in [5.41, 5.74) is 2.72. The first kappa shape index (κ1) is 7.22. The SMILES string of the molecule is O=S(O)C1=CC=CC=C=C1. The second kappa shape index (κ2) is 3.32. The number of rotatable bonds is 1. The van der Waals surface area contributed by atoms with E-state index in [1.165, 1.54) is 6.08 Å². The fraction of sp³-hybridized carbons (Fsp3) is 0. The Bertz CT molecular complexity index is 267. The predicted molar refractivity (Wildman–Crippen MR) is 40.6 cm³/mol. The third-order valence-electron chi connectivity index (χ3n) is 0.991. The molecule has 1 rings (SSSR count). The molecule has 1 aliphatic carbocycles. The maximum absolute atomic E-state index is 10.4. The van der Waals surface area contributed by atoms with Crippen molar-refractivity contribution in [3.8, 4) is 0 Å². The van der Waals surface area contributed by atoms with Crippen LogP contribution in [0.25, 0.3) is 0 Å². The molecule has 0 aliphatic heterocycles. The van der Waals surface area contributed by atoms with Gasteiger partial charge in [0, 0.05) is 0 Å². The lowest BCUT2D eigenvalue weighted by Gasteiger charge is -1.87. The second-order valence-electron chi connectivity index (χ2n) is 1.68. The zero-order valence-corrected chi connectivity index (χ0v) is 5.97. The molecule has 0 radical (unpaired) electrons. The highest BCUT2D eigenvalue weighted by atomic mass is 32.2. The first-order valence-electron chi connectivity index (χ1n) is 2.71. The summed E-state index contributed by atoms with van der Waals surface area (Å²) in [6.07, 6.45) is 8.18. The summed E-state index contributed by atoms with van der Waals surface area (Å²) in [6.45, 7) is 0. The lowest BCUT2D eigenvalue weighted by molar-refractivity contribution is 0.572. The van der Waals surface area contributed by atoms with E-state index in [1.54, 1.807) is 24.3 Å². The Morgan fingerprint density at radius 3 is 3.00 bits per heavy atom. The molecule has 0 saturated carbocycles. The van der Waals surface area contributed by atoms with E-state index in [2.05, 4.69) is 5.73 Å². The minimum atomic E-state index is -1.89. The average Bonchev–Trinajstić information content (AvgIpc) is 2.12. The molecule has 0 heterocycles. The number of hydrogen-bond acceptors (Lipinski definition) is 1. The molecule has 52 valence electrons. The molecule has 0 spiro atoms. The topological polar surface area (TPSA) is 37.3 Å². The van der Waals surface area contributed by atoms with Crippen molar-refractivity contribution in [2.24, 2.45) is 0 Å². The van der Waals surface area contributed by atoms with Crippen LogP contribution < -0.4 is 0 Å². The maximum atomic E-state index is 10.4. The van der Waals surface area contributed by atoms with Gasteiger partial charge < -0.3 is 4.55 Å². The van der Waals surface area contributed by atoms with Gasteiger partial charge in [0.25, 0.3) is 0 Å². The minimum Gasteiger partial charge on any atom is -0.302 e. The highest BCUT2D eigenvalue weighted by Gasteiger charge is 1.96. The molecule has 3 heteroatoms. The van der Waals surface area contributed by atoms with Crippen LogP contribution >= 0.6 is 0 Å². The van der Waals surface area contributed by atoms with Crippen molar-refractivity contribution in [2.45, 2.75) is 0 Å². The largest absolute Gasteiger partial charge is 0.302 e. The number of allylic oxidation sites excluding steroid dienone is 4. The fourth-order valence-corrected chi connectivity index (χ4v) is 0.912. The van der Waals surface area contributed by atoms with E-state index >= 15 is 0 Å². The van der Waals surface area contributed by atoms with Crippen molar-refractivity contribution in [1.29, 1.82) is 0 Å². The standard InChI is InChI=1S/C7H6O2S/c8-10(9)7-5-3-1-2-4-6-7/h1-3,5-6H,(H,8,9). The van der Waals surface area contributed by atoms with E-state index < -0.39 is 11.1 Å². The molecule has 1 atom stereocenters. The summed E-state index contributed by atoms with van der Waals surface area (Å²) in [7, 11) is 0. The highest BCUT2D eigenvalue weighted by Crippen LogP contribution is 2.02. The monoisotopic (exact) mass is 154 g/mol. The summed E-state index contributed by atoms with van der Waals surface area (Å²) in [5, 5.41) is 0. The Hall–Kier alpha value is -0.890. The van der Waals surface area contributed by atoms with E-state index in [1.807, 2.05) is 0 Å². The van der Waals surface area contributed by atoms with E-state index in [0.29, 0.717) is 4.91 Å². The van der Waals surface area contributed by atoms with Crippen molar-refractivity contribution in [3.63, 3.8) is 0 Å². The van der Waals surface area contributed by atoms with Gasteiger partial charge in [0.15, 0.2) is 11.1 Å². The van der Waals surface area contributed by atoms with Gasteiger partial charge in [-0.3, -0.25) is 0 Å². The summed E-state index contributed by atoms with van der Waals surface area (Å²) in [6, 6.07) is 0. The molecule has 1 unspecified atom stereocenters.